The molecule has 1 fully saturated rings. The van der Waals surface area contributed by atoms with Crippen LogP contribution in [0.4, 0.5) is 0 Å². The molecule has 5 nitrogen and oxygen atoms in total. The number of fused-ring (bicyclic) bond motifs is 1. The van der Waals surface area contributed by atoms with Gasteiger partial charge in [0.2, 0.25) is 0 Å². The Hall–Kier alpha value is -2.34. The van der Waals surface area contributed by atoms with E-state index in [1.54, 1.807) is 12.1 Å². The van der Waals surface area contributed by atoms with E-state index in [0.29, 0.717) is 29.7 Å². The molecule has 1 aliphatic carbocycles. The number of thiophene rings is 1. The number of unbranched alkanes of at least 4 members (excludes halogenated alkanes) is 1. The summed E-state index contributed by atoms with van der Waals surface area (Å²) < 4.78 is 0.986. The number of hydrogen-bond acceptors (Lipinski definition) is 4. The Morgan fingerprint density at radius 3 is 2.72 bits per heavy atom. The summed E-state index contributed by atoms with van der Waals surface area (Å²) in [6, 6.07) is 5.20. The number of hydrogen-bond donors (Lipinski definition) is 3. The summed E-state index contributed by atoms with van der Waals surface area (Å²) in [6.45, 7) is 9.12. The van der Waals surface area contributed by atoms with Crippen molar-refractivity contribution in [1.82, 2.24) is 5.32 Å². The zero-order chi connectivity index (χ0) is 23.5. The van der Waals surface area contributed by atoms with Gasteiger partial charge < -0.3 is 15.5 Å². The summed E-state index contributed by atoms with van der Waals surface area (Å²) in [5, 5.41) is 24.7. The summed E-state index contributed by atoms with van der Waals surface area (Å²) in [4.78, 5) is 24.0. The highest BCUT2D eigenvalue weighted by Crippen LogP contribution is 2.48. The molecule has 1 aromatic heterocycles. The molecular weight excluding hydrogens is 422 g/mol. The molecular formula is C26H35NO4S. The molecule has 3 N–H and O–H groups in total. The number of nitrogens with one attached hydrogen (secondary N) is 1. The third kappa shape index (κ3) is 5.34. The minimum Gasteiger partial charge on any atom is -0.508 e. The number of phenolic OH excluding ortho intramolecular Hbond substituents is 1. The van der Waals surface area contributed by atoms with E-state index in [2.05, 4.69) is 45.2 Å². The molecule has 0 unspecified atom stereocenters. The van der Waals surface area contributed by atoms with Crippen LogP contribution in [0.3, 0.4) is 0 Å². The van der Waals surface area contributed by atoms with Crippen molar-refractivity contribution in [2.45, 2.75) is 65.8 Å². The number of rotatable bonds is 8. The van der Waals surface area contributed by atoms with Crippen LogP contribution in [0.5, 0.6) is 5.75 Å². The van der Waals surface area contributed by atoms with E-state index in [1.165, 1.54) is 11.3 Å². The highest BCUT2D eigenvalue weighted by atomic mass is 32.1. The predicted octanol–water partition coefficient (Wildman–Crippen LogP) is 6.22. The van der Waals surface area contributed by atoms with Gasteiger partial charge in [-0.15, -0.1) is 11.3 Å². The number of carbonyl (C=O) groups is 2. The minimum absolute atomic E-state index is 0.0460. The molecule has 0 radical (unpaired) electrons. The third-order valence-corrected chi connectivity index (χ3v) is 8.58. The number of aromatic hydroxyl groups is 1. The molecule has 1 heterocycles. The van der Waals surface area contributed by atoms with Gasteiger partial charge in [-0.3, -0.25) is 9.59 Å². The van der Waals surface area contributed by atoms with Crippen LogP contribution in [0, 0.1) is 23.2 Å². The summed E-state index contributed by atoms with van der Waals surface area (Å²) in [5.41, 5.74) is 0.724. The molecule has 0 saturated heterocycles. The van der Waals surface area contributed by atoms with E-state index in [0.717, 1.165) is 29.3 Å². The zero-order valence-corrected chi connectivity index (χ0v) is 20.2. The van der Waals surface area contributed by atoms with Crippen molar-refractivity contribution in [3.05, 3.63) is 41.3 Å². The van der Waals surface area contributed by atoms with E-state index in [-0.39, 0.29) is 29.5 Å². The Balaban J connectivity index is 1.75. The van der Waals surface area contributed by atoms with Crippen LogP contribution >= 0.6 is 11.3 Å². The first-order chi connectivity index (χ1) is 15.1. The molecule has 1 aromatic carbocycles. The number of carboxylic acids is 1. The summed E-state index contributed by atoms with van der Waals surface area (Å²) >= 11 is 1.51. The predicted molar refractivity (Wildman–Crippen MR) is 130 cm³/mol. The third-order valence-electron chi connectivity index (χ3n) is 7.61. The van der Waals surface area contributed by atoms with Gasteiger partial charge in [-0.2, -0.15) is 0 Å². The molecule has 174 valence electrons. The van der Waals surface area contributed by atoms with Gasteiger partial charge in [0.1, 0.15) is 5.75 Å². The SMILES string of the molecule is C[C@@H]1C[C@H](C/C=C\CCCC(=O)O)[C@@H](NC(=O)c2csc3ccc(O)cc23)[C@H](C)C1(C)C. The molecule has 1 amide bonds. The monoisotopic (exact) mass is 457 g/mol. The van der Waals surface area contributed by atoms with Crippen LogP contribution < -0.4 is 5.32 Å². The number of amides is 1. The fourth-order valence-electron chi connectivity index (χ4n) is 4.89. The lowest BCUT2D eigenvalue weighted by molar-refractivity contribution is -0.137. The van der Waals surface area contributed by atoms with Crippen molar-refractivity contribution >= 4 is 33.3 Å². The van der Waals surface area contributed by atoms with Crippen molar-refractivity contribution in [2.24, 2.45) is 23.2 Å². The van der Waals surface area contributed by atoms with Crippen LogP contribution in [0.15, 0.2) is 35.7 Å². The molecule has 4 atom stereocenters. The van der Waals surface area contributed by atoms with Crippen molar-refractivity contribution in [3.63, 3.8) is 0 Å². The van der Waals surface area contributed by atoms with Gasteiger partial charge in [-0.25, -0.2) is 0 Å². The summed E-state index contributed by atoms with van der Waals surface area (Å²) in [6.07, 6.45) is 7.73. The number of benzene rings is 1. The normalized spacial score (nSPS) is 25.2. The standard InChI is InChI=1S/C26H35NO4S/c1-16-13-18(9-7-5-6-8-10-23(29)30)24(17(2)26(16,3)4)27-25(31)21-15-32-22-12-11-19(28)14-20(21)22/h5,7,11-12,14-18,24,28H,6,8-10,13H2,1-4H3,(H,27,31)(H,29,30)/b7-5-/t16-,17+,18+,24+/m1/s1. The topological polar surface area (TPSA) is 86.6 Å². The minimum atomic E-state index is -0.757. The lowest BCUT2D eigenvalue weighted by atomic mass is 9.57. The molecule has 0 bridgehead atoms. The van der Waals surface area contributed by atoms with E-state index in [1.807, 2.05) is 11.4 Å². The van der Waals surface area contributed by atoms with E-state index in [4.69, 9.17) is 5.11 Å². The van der Waals surface area contributed by atoms with E-state index in [9.17, 15) is 14.7 Å². The lowest BCUT2D eigenvalue weighted by Crippen LogP contribution is -2.54. The summed E-state index contributed by atoms with van der Waals surface area (Å²) in [7, 11) is 0. The quantitative estimate of drug-likeness (QED) is 0.324. The second-order valence-electron chi connectivity index (χ2n) is 9.83. The van der Waals surface area contributed by atoms with E-state index >= 15 is 0 Å². The van der Waals surface area contributed by atoms with Crippen LogP contribution in [0.1, 0.15) is 70.2 Å². The average molecular weight is 458 g/mol. The van der Waals surface area contributed by atoms with Gasteiger partial charge in [0.25, 0.3) is 5.91 Å². The van der Waals surface area contributed by atoms with Crippen LogP contribution in [0.25, 0.3) is 10.1 Å². The fourth-order valence-corrected chi connectivity index (χ4v) is 5.81. The number of carboxylic acid groups (broad SMARTS) is 1. The first-order valence-electron chi connectivity index (χ1n) is 11.5. The maximum absolute atomic E-state index is 13.3. The van der Waals surface area contributed by atoms with E-state index < -0.39 is 5.97 Å². The highest BCUT2D eigenvalue weighted by Gasteiger charge is 2.45. The smallest absolute Gasteiger partial charge is 0.303 e. The van der Waals surface area contributed by atoms with Crippen molar-refractivity contribution in [2.75, 3.05) is 0 Å². The van der Waals surface area contributed by atoms with Gasteiger partial charge in [0.05, 0.1) is 5.56 Å². The van der Waals surface area contributed by atoms with Crippen LogP contribution in [-0.2, 0) is 4.79 Å². The fraction of sp³-hybridized carbons (Fsp3) is 0.538. The van der Waals surface area contributed by atoms with Crippen molar-refractivity contribution in [1.29, 1.82) is 0 Å². The number of allylic oxidation sites excluding steroid dienone is 2. The largest absolute Gasteiger partial charge is 0.508 e. The molecule has 0 aliphatic heterocycles. The molecule has 0 spiro atoms. The number of aliphatic carboxylic acids is 1. The van der Waals surface area contributed by atoms with Gasteiger partial charge >= 0.3 is 5.97 Å². The molecule has 6 heteroatoms. The maximum Gasteiger partial charge on any atom is 0.303 e. The number of carbonyl (C=O) groups excluding carboxylic acids is 1. The van der Waals surface area contributed by atoms with Crippen LogP contribution in [-0.4, -0.2) is 28.1 Å². The summed E-state index contributed by atoms with van der Waals surface area (Å²) in [5.74, 6) is 0.490. The molecule has 32 heavy (non-hydrogen) atoms. The Bertz CT molecular complexity index is 993. The molecule has 1 aliphatic rings. The lowest BCUT2D eigenvalue weighted by Gasteiger charge is -2.50. The van der Waals surface area contributed by atoms with Gasteiger partial charge in [0.15, 0.2) is 0 Å². The Morgan fingerprint density at radius 2 is 2.00 bits per heavy atom. The average Bonchev–Trinajstić information content (AvgIpc) is 3.14. The highest BCUT2D eigenvalue weighted by molar-refractivity contribution is 7.17. The second kappa shape index (κ2) is 10.1. The van der Waals surface area contributed by atoms with Crippen LogP contribution in [0.2, 0.25) is 0 Å². The molecule has 1 saturated carbocycles. The Kier molecular flexibility index (Phi) is 7.65. The maximum atomic E-state index is 13.3. The Morgan fingerprint density at radius 1 is 1.25 bits per heavy atom. The number of phenols is 1. The zero-order valence-electron chi connectivity index (χ0n) is 19.4. The first kappa shape index (κ1) is 24.3. The van der Waals surface area contributed by atoms with Crippen molar-refractivity contribution < 1.29 is 19.8 Å². The molecule has 3 rings (SSSR count). The molecule has 2 aromatic rings. The van der Waals surface area contributed by atoms with Crippen molar-refractivity contribution in [3.8, 4) is 5.75 Å². The van der Waals surface area contributed by atoms with Gasteiger partial charge in [0, 0.05) is 27.9 Å². The Labute approximate surface area is 194 Å². The second-order valence-corrected chi connectivity index (χ2v) is 10.7. The first-order valence-corrected chi connectivity index (χ1v) is 12.4. The van der Waals surface area contributed by atoms with Gasteiger partial charge in [-0.05, 0) is 67.1 Å². The van der Waals surface area contributed by atoms with Gasteiger partial charge in [-0.1, -0.05) is 39.8 Å².